The summed E-state index contributed by atoms with van der Waals surface area (Å²) in [6.45, 7) is 0.252. The van der Waals surface area contributed by atoms with Crippen LogP contribution in [0.1, 0.15) is 5.56 Å². The molecule has 0 radical (unpaired) electrons. The van der Waals surface area contributed by atoms with Crippen LogP contribution in [0.2, 0.25) is 0 Å². The van der Waals surface area contributed by atoms with Gasteiger partial charge in [0.25, 0.3) is 5.56 Å². The van der Waals surface area contributed by atoms with Gasteiger partial charge in [0.1, 0.15) is 17.6 Å². The molecule has 4 rings (SSSR count). The summed E-state index contributed by atoms with van der Waals surface area (Å²) in [6, 6.07) is 11.4. The molecule has 0 aliphatic heterocycles. The van der Waals surface area contributed by atoms with Crippen molar-refractivity contribution < 1.29 is 14.3 Å². The van der Waals surface area contributed by atoms with Crippen molar-refractivity contribution in [1.82, 2.24) is 19.9 Å². The molecule has 0 aliphatic rings. The lowest BCUT2D eigenvalue weighted by atomic mass is 10.2. The third-order valence-electron chi connectivity index (χ3n) is 5.33. The van der Waals surface area contributed by atoms with E-state index in [0.29, 0.717) is 34.6 Å². The number of hydrogen-bond acceptors (Lipinski definition) is 6. The predicted molar refractivity (Wildman–Crippen MR) is 124 cm³/mol. The lowest BCUT2D eigenvalue weighted by Gasteiger charge is -2.13. The van der Waals surface area contributed by atoms with Crippen molar-refractivity contribution in [3.8, 4) is 11.5 Å². The number of rotatable bonds is 7. The molecule has 0 atom stereocenters. The first kappa shape index (κ1) is 21.2. The number of ether oxygens (including phenoxy) is 2. The Hall–Kier alpha value is -4.01. The zero-order chi connectivity index (χ0) is 22.8. The summed E-state index contributed by atoms with van der Waals surface area (Å²) in [5, 5.41) is 3.59. The summed E-state index contributed by atoms with van der Waals surface area (Å²) < 4.78 is 12.0. The Balaban J connectivity index is 1.54. The maximum Gasteiger partial charge on any atom is 0.278 e. The van der Waals surface area contributed by atoms with E-state index in [1.807, 2.05) is 43.3 Å². The molecule has 9 nitrogen and oxygen atoms in total. The van der Waals surface area contributed by atoms with E-state index in [0.717, 1.165) is 16.6 Å². The maximum atomic E-state index is 13.0. The number of nitrogens with one attached hydrogen (secondary N) is 2. The van der Waals surface area contributed by atoms with Crippen LogP contribution in [0.4, 0.5) is 5.69 Å². The van der Waals surface area contributed by atoms with Gasteiger partial charge in [-0.1, -0.05) is 12.1 Å². The third-order valence-corrected chi connectivity index (χ3v) is 5.33. The van der Waals surface area contributed by atoms with E-state index in [1.165, 1.54) is 10.9 Å². The fraction of sp³-hybridized carbons (Fsp3) is 0.261. The average Bonchev–Trinajstić information content (AvgIpc) is 3.17. The quantitative estimate of drug-likeness (QED) is 0.462. The monoisotopic (exact) mass is 435 g/mol. The Kier molecular flexibility index (Phi) is 5.72. The number of fused-ring (bicyclic) bond motifs is 3. The first-order valence-corrected chi connectivity index (χ1v) is 10.1. The van der Waals surface area contributed by atoms with Gasteiger partial charge in [-0.3, -0.25) is 14.2 Å². The Labute approximate surface area is 184 Å². The van der Waals surface area contributed by atoms with Crippen LogP contribution >= 0.6 is 0 Å². The van der Waals surface area contributed by atoms with Gasteiger partial charge in [-0.2, -0.15) is 0 Å². The second-order valence-corrected chi connectivity index (χ2v) is 7.62. The van der Waals surface area contributed by atoms with Crippen molar-refractivity contribution in [2.75, 3.05) is 33.2 Å². The van der Waals surface area contributed by atoms with Crippen molar-refractivity contribution in [2.45, 2.75) is 13.1 Å². The number of benzene rings is 2. The zero-order valence-electron chi connectivity index (χ0n) is 18.4. The van der Waals surface area contributed by atoms with Crippen molar-refractivity contribution in [1.29, 1.82) is 0 Å². The van der Waals surface area contributed by atoms with Gasteiger partial charge in [-0.25, -0.2) is 4.98 Å². The van der Waals surface area contributed by atoms with Gasteiger partial charge in [-0.15, -0.1) is 0 Å². The van der Waals surface area contributed by atoms with E-state index in [9.17, 15) is 9.59 Å². The van der Waals surface area contributed by atoms with Crippen LogP contribution in [0, 0.1) is 0 Å². The van der Waals surface area contributed by atoms with Gasteiger partial charge < -0.3 is 24.7 Å². The highest BCUT2D eigenvalue weighted by molar-refractivity contribution is 6.05. The number of aromatic amines is 1. The second kappa shape index (κ2) is 8.62. The topological polar surface area (TPSA) is 101 Å². The molecule has 2 aromatic heterocycles. The van der Waals surface area contributed by atoms with E-state index < -0.39 is 0 Å². The van der Waals surface area contributed by atoms with Gasteiger partial charge >= 0.3 is 0 Å². The van der Waals surface area contributed by atoms with Gasteiger partial charge in [0, 0.05) is 37.8 Å². The second-order valence-electron chi connectivity index (χ2n) is 7.62. The van der Waals surface area contributed by atoms with E-state index in [2.05, 4.69) is 15.3 Å². The summed E-state index contributed by atoms with van der Waals surface area (Å²) in [5.41, 5.74) is 3.27. The van der Waals surface area contributed by atoms with Crippen LogP contribution in [-0.4, -0.2) is 48.8 Å². The molecule has 4 aromatic rings. The van der Waals surface area contributed by atoms with Crippen LogP contribution in [0.3, 0.4) is 0 Å². The number of hydrogen-bond donors (Lipinski definition) is 2. The molecule has 2 heterocycles. The van der Waals surface area contributed by atoms with Crippen LogP contribution in [-0.2, 0) is 17.9 Å². The van der Waals surface area contributed by atoms with Gasteiger partial charge in [0.05, 0.1) is 26.1 Å². The number of amides is 1. The number of methoxy groups -OCH3 is 2. The Bertz CT molecular complexity index is 1340. The van der Waals surface area contributed by atoms with Crippen LogP contribution in [0.25, 0.3) is 21.9 Å². The first-order chi connectivity index (χ1) is 15.4. The molecule has 166 valence electrons. The van der Waals surface area contributed by atoms with Crippen molar-refractivity contribution >= 4 is 33.5 Å². The maximum absolute atomic E-state index is 13.0. The van der Waals surface area contributed by atoms with Crippen LogP contribution in [0.5, 0.6) is 11.5 Å². The zero-order valence-corrected chi connectivity index (χ0v) is 18.4. The van der Waals surface area contributed by atoms with Crippen molar-refractivity contribution in [3.05, 3.63) is 58.6 Å². The molecule has 0 bridgehead atoms. The molecule has 0 aliphatic carbocycles. The van der Waals surface area contributed by atoms with Gasteiger partial charge in [0.15, 0.2) is 11.5 Å². The minimum absolute atomic E-state index is 0.125. The summed E-state index contributed by atoms with van der Waals surface area (Å²) in [6.07, 6.45) is 1.39. The Morgan fingerprint density at radius 1 is 1.12 bits per heavy atom. The van der Waals surface area contributed by atoms with Crippen LogP contribution in [0.15, 0.2) is 47.5 Å². The molecule has 0 fully saturated rings. The highest BCUT2D eigenvalue weighted by atomic mass is 16.5. The van der Waals surface area contributed by atoms with Crippen molar-refractivity contribution in [3.63, 3.8) is 0 Å². The van der Waals surface area contributed by atoms with Crippen LogP contribution < -0.4 is 25.2 Å². The standard InChI is InChI=1S/C23H25N5O4/c1-27(2)15-7-5-14(6-8-15)11-24-20(29)12-28-13-25-21-16-9-18(31-3)19(32-4)10-17(16)26-22(21)23(28)30/h5-10,13,26H,11-12H2,1-4H3,(H,24,29). The molecule has 2 aromatic carbocycles. The highest BCUT2D eigenvalue weighted by Gasteiger charge is 2.15. The number of carbonyl (C=O) groups is 1. The number of H-pyrrole nitrogens is 1. The molecule has 9 heteroatoms. The average molecular weight is 435 g/mol. The molecular weight excluding hydrogens is 410 g/mol. The smallest absolute Gasteiger partial charge is 0.278 e. The highest BCUT2D eigenvalue weighted by Crippen LogP contribution is 2.34. The van der Waals surface area contributed by atoms with E-state index in [4.69, 9.17) is 9.47 Å². The van der Waals surface area contributed by atoms with Crippen molar-refractivity contribution in [2.24, 2.45) is 0 Å². The lowest BCUT2D eigenvalue weighted by molar-refractivity contribution is -0.121. The fourth-order valence-corrected chi connectivity index (χ4v) is 3.56. The largest absolute Gasteiger partial charge is 0.493 e. The number of nitrogens with zero attached hydrogens (tertiary/aromatic N) is 3. The molecule has 0 saturated carbocycles. The Morgan fingerprint density at radius 3 is 2.47 bits per heavy atom. The SMILES string of the molecule is COc1cc2[nH]c3c(=O)n(CC(=O)NCc4ccc(N(C)C)cc4)cnc3c2cc1OC. The minimum atomic E-state index is -0.324. The molecular formula is C23H25N5O4. The van der Waals surface area contributed by atoms with E-state index >= 15 is 0 Å². The predicted octanol–water partition coefficient (Wildman–Crippen LogP) is 2.28. The lowest BCUT2D eigenvalue weighted by Crippen LogP contribution is -2.32. The number of aromatic nitrogens is 3. The molecule has 0 spiro atoms. The summed E-state index contributed by atoms with van der Waals surface area (Å²) >= 11 is 0. The van der Waals surface area contributed by atoms with Gasteiger partial charge in [0.2, 0.25) is 5.91 Å². The summed E-state index contributed by atoms with van der Waals surface area (Å²) in [7, 11) is 7.04. The molecule has 2 N–H and O–H groups in total. The molecule has 0 saturated heterocycles. The summed E-state index contributed by atoms with van der Waals surface area (Å²) in [4.78, 5) is 34.9. The number of anilines is 1. The first-order valence-electron chi connectivity index (χ1n) is 10.1. The molecule has 32 heavy (non-hydrogen) atoms. The number of carbonyl (C=O) groups excluding carboxylic acids is 1. The summed E-state index contributed by atoms with van der Waals surface area (Å²) in [5.74, 6) is 0.819. The normalized spacial score (nSPS) is 11.0. The van der Waals surface area contributed by atoms with E-state index in [1.54, 1.807) is 26.4 Å². The molecule has 0 unspecified atom stereocenters. The van der Waals surface area contributed by atoms with E-state index in [-0.39, 0.29) is 18.0 Å². The minimum Gasteiger partial charge on any atom is -0.493 e. The molecule has 1 amide bonds. The Morgan fingerprint density at radius 2 is 1.81 bits per heavy atom. The fourth-order valence-electron chi connectivity index (χ4n) is 3.56. The third kappa shape index (κ3) is 3.96. The van der Waals surface area contributed by atoms with Gasteiger partial charge in [-0.05, 0) is 23.8 Å².